The standard InChI is InChI=1S/C18H17N3O3S/c1-21(16-4-2-3-9-19-16)10-11-24-14-7-5-13(6-8-14)12-15-17(22)20-18(23)25-15/h2-9,12H,10-11H2,1H3,(H,20,22,23)/i1D3. The Bertz CT molecular complexity index is 886. The molecule has 128 valence electrons. The maximum absolute atomic E-state index is 11.6. The molecule has 0 bridgehead atoms. The molecule has 0 aliphatic carbocycles. The highest BCUT2D eigenvalue weighted by Crippen LogP contribution is 2.26. The molecule has 2 amide bonds. The lowest BCUT2D eigenvalue weighted by molar-refractivity contribution is -0.115. The number of thioether (sulfide) groups is 1. The molecule has 25 heavy (non-hydrogen) atoms. The van der Waals surface area contributed by atoms with Gasteiger partial charge in [0, 0.05) is 17.3 Å². The van der Waals surface area contributed by atoms with Gasteiger partial charge in [-0.05, 0) is 47.7 Å². The van der Waals surface area contributed by atoms with E-state index >= 15 is 0 Å². The summed E-state index contributed by atoms with van der Waals surface area (Å²) in [6.45, 7) is -2.04. The maximum Gasteiger partial charge on any atom is 0.290 e. The van der Waals surface area contributed by atoms with Gasteiger partial charge in [-0.25, -0.2) is 4.98 Å². The van der Waals surface area contributed by atoms with Gasteiger partial charge < -0.3 is 9.64 Å². The summed E-state index contributed by atoms with van der Waals surface area (Å²) >= 11 is 0.856. The van der Waals surface area contributed by atoms with Crippen molar-refractivity contribution in [2.24, 2.45) is 0 Å². The van der Waals surface area contributed by atoms with Crippen molar-refractivity contribution in [2.45, 2.75) is 0 Å². The van der Waals surface area contributed by atoms with Gasteiger partial charge in [-0.3, -0.25) is 14.9 Å². The molecule has 1 N–H and O–H groups in total. The fraction of sp³-hybridized carbons (Fsp3) is 0.167. The van der Waals surface area contributed by atoms with Crippen molar-refractivity contribution in [2.75, 3.05) is 25.0 Å². The molecule has 1 aliphatic rings. The van der Waals surface area contributed by atoms with Gasteiger partial charge in [-0.15, -0.1) is 0 Å². The lowest BCUT2D eigenvalue weighted by atomic mass is 10.2. The van der Waals surface area contributed by atoms with E-state index < -0.39 is 12.9 Å². The Labute approximate surface area is 154 Å². The highest BCUT2D eigenvalue weighted by atomic mass is 32.2. The van der Waals surface area contributed by atoms with Crippen LogP contribution in [0.5, 0.6) is 5.75 Å². The van der Waals surface area contributed by atoms with Crippen molar-refractivity contribution in [3.63, 3.8) is 0 Å². The number of nitrogens with one attached hydrogen (secondary N) is 1. The summed E-state index contributed by atoms with van der Waals surface area (Å²) in [5, 5.41) is 1.81. The largest absolute Gasteiger partial charge is 0.492 e. The molecule has 2 aromatic rings. The zero-order chi connectivity index (χ0) is 20.1. The number of benzene rings is 1. The van der Waals surface area contributed by atoms with Gasteiger partial charge in [0.15, 0.2) is 0 Å². The number of nitrogens with zero attached hydrogens (tertiary/aromatic N) is 2. The second-order valence-corrected chi connectivity index (χ2v) is 6.12. The Kier molecular flexibility index (Phi) is 4.23. The number of anilines is 1. The van der Waals surface area contributed by atoms with Crippen LogP contribution in [-0.4, -0.2) is 36.3 Å². The smallest absolute Gasteiger partial charge is 0.290 e. The minimum atomic E-state index is -2.33. The highest BCUT2D eigenvalue weighted by Gasteiger charge is 2.24. The molecular formula is C18H17N3O3S. The van der Waals surface area contributed by atoms with Crippen LogP contribution in [0.3, 0.4) is 0 Å². The van der Waals surface area contributed by atoms with Crippen LogP contribution in [0.2, 0.25) is 0 Å². The minimum absolute atomic E-state index is 0.137. The first-order valence-corrected chi connectivity index (χ1v) is 8.31. The average molecular weight is 358 g/mol. The predicted octanol–water partition coefficient (Wildman–Crippen LogP) is 2.92. The first-order chi connectivity index (χ1) is 13.3. The number of hydrogen-bond donors (Lipinski definition) is 1. The summed E-state index contributed by atoms with van der Waals surface area (Å²) in [5.74, 6) is 0.512. The van der Waals surface area contributed by atoms with E-state index in [2.05, 4.69) is 10.3 Å². The summed E-state index contributed by atoms with van der Waals surface area (Å²) in [4.78, 5) is 28.4. The van der Waals surface area contributed by atoms with Crippen molar-refractivity contribution < 1.29 is 18.4 Å². The summed E-state index contributed by atoms with van der Waals surface area (Å²) < 4.78 is 28.7. The first kappa shape index (κ1) is 13.5. The predicted molar refractivity (Wildman–Crippen MR) is 98.6 cm³/mol. The molecule has 1 aromatic heterocycles. The molecule has 6 nitrogen and oxygen atoms in total. The summed E-state index contributed by atoms with van der Waals surface area (Å²) in [5.41, 5.74) is 0.748. The van der Waals surface area contributed by atoms with E-state index in [0.717, 1.165) is 17.3 Å². The SMILES string of the molecule is [2H]C([2H])([2H])N(CCOc1ccc(C=C2SC(=O)NC2=O)cc1)c1ccccn1. The molecule has 1 saturated heterocycles. The van der Waals surface area contributed by atoms with E-state index in [1.54, 1.807) is 54.7 Å². The molecule has 3 rings (SSSR count). The quantitative estimate of drug-likeness (QED) is 0.801. The lowest BCUT2D eigenvalue weighted by Gasteiger charge is -2.18. The van der Waals surface area contributed by atoms with E-state index in [4.69, 9.17) is 8.85 Å². The lowest BCUT2D eigenvalue weighted by Crippen LogP contribution is -2.24. The third-order valence-electron chi connectivity index (χ3n) is 3.33. The Morgan fingerprint density at radius 3 is 2.76 bits per heavy atom. The number of amides is 2. The third-order valence-corrected chi connectivity index (χ3v) is 4.14. The van der Waals surface area contributed by atoms with E-state index in [9.17, 15) is 9.59 Å². The number of carbonyl (C=O) groups is 2. The monoisotopic (exact) mass is 358 g/mol. The number of imide groups is 1. The molecular weight excluding hydrogens is 338 g/mol. The van der Waals surface area contributed by atoms with Crippen LogP contribution in [0.4, 0.5) is 10.6 Å². The van der Waals surface area contributed by atoms with Gasteiger partial charge in [0.2, 0.25) is 0 Å². The van der Waals surface area contributed by atoms with E-state index in [-0.39, 0.29) is 18.4 Å². The molecule has 0 unspecified atom stereocenters. The van der Waals surface area contributed by atoms with Crippen LogP contribution in [0.15, 0.2) is 53.6 Å². The average Bonchev–Trinajstić information content (AvgIpc) is 2.97. The molecule has 0 saturated carbocycles. The van der Waals surface area contributed by atoms with Crippen molar-refractivity contribution in [1.29, 1.82) is 0 Å². The van der Waals surface area contributed by atoms with Crippen molar-refractivity contribution in [3.05, 3.63) is 59.1 Å². The van der Waals surface area contributed by atoms with Gasteiger partial charge in [0.25, 0.3) is 11.1 Å². The number of likely N-dealkylation sites (N-methyl/N-ethyl adjacent to an activating group) is 1. The fourth-order valence-electron chi connectivity index (χ4n) is 2.12. The Morgan fingerprint density at radius 1 is 1.28 bits per heavy atom. The molecule has 1 aromatic carbocycles. The van der Waals surface area contributed by atoms with Crippen LogP contribution < -0.4 is 15.0 Å². The van der Waals surface area contributed by atoms with Crippen LogP contribution in [-0.2, 0) is 4.79 Å². The summed E-state index contributed by atoms with van der Waals surface area (Å²) in [6.07, 6.45) is 3.16. The van der Waals surface area contributed by atoms with E-state index in [1.165, 1.54) is 4.90 Å². The van der Waals surface area contributed by atoms with Gasteiger partial charge in [-0.1, -0.05) is 18.2 Å². The second-order valence-electron chi connectivity index (χ2n) is 5.11. The first-order valence-electron chi connectivity index (χ1n) is 8.99. The van der Waals surface area contributed by atoms with Crippen LogP contribution in [0.25, 0.3) is 6.08 Å². The molecule has 0 spiro atoms. The van der Waals surface area contributed by atoms with E-state index in [1.807, 2.05) is 0 Å². The van der Waals surface area contributed by atoms with Crippen LogP contribution in [0, 0.1) is 0 Å². The number of hydrogen-bond acceptors (Lipinski definition) is 6. The molecule has 0 atom stereocenters. The zero-order valence-electron chi connectivity index (χ0n) is 16.1. The maximum atomic E-state index is 11.6. The summed E-state index contributed by atoms with van der Waals surface area (Å²) in [6, 6.07) is 12.0. The van der Waals surface area contributed by atoms with Gasteiger partial charge in [-0.2, -0.15) is 0 Å². The van der Waals surface area contributed by atoms with Crippen molar-refractivity contribution in [1.82, 2.24) is 10.3 Å². The van der Waals surface area contributed by atoms with Crippen molar-refractivity contribution >= 4 is 34.8 Å². The molecule has 2 heterocycles. The second kappa shape index (κ2) is 7.85. The number of ether oxygens (including phenoxy) is 1. The number of carbonyl (C=O) groups excluding carboxylic acids is 2. The summed E-state index contributed by atoms with van der Waals surface area (Å²) in [7, 11) is 0. The Morgan fingerprint density at radius 2 is 2.12 bits per heavy atom. The fourth-order valence-corrected chi connectivity index (χ4v) is 2.80. The van der Waals surface area contributed by atoms with Crippen molar-refractivity contribution in [3.8, 4) is 5.75 Å². The highest BCUT2D eigenvalue weighted by molar-refractivity contribution is 8.18. The number of rotatable bonds is 6. The van der Waals surface area contributed by atoms with Gasteiger partial charge in [0.05, 0.1) is 11.4 Å². The van der Waals surface area contributed by atoms with E-state index in [0.29, 0.717) is 16.5 Å². The molecule has 0 radical (unpaired) electrons. The zero-order valence-corrected chi connectivity index (χ0v) is 14.0. The molecule has 1 fully saturated rings. The topological polar surface area (TPSA) is 71.5 Å². The minimum Gasteiger partial charge on any atom is -0.492 e. The third kappa shape index (κ3) is 4.60. The Hall–Kier alpha value is -2.80. The van der Waals surface area contributed by atoms with Gasteiger partial charge in [0.1, 0.15) is 18.2 Å². The molecule has 1 aliphatic heterocycles. The normalized spacial score (nSPS) is 17.6. The van der Waals surface area contributed by atoms with Crippen LogP contribution in [0.1, 0.15) is 9.68 Å². The Balaban J connectivity index is 1.59. The number of aromatic nitrogens is 1. The number of pyridine rings is 1. The van der Waals surface area contributed by atoms with Crippen LogP contribution >= 0.6 is 11.8 Å². The van der Waals surface area contributed by atoms with Gasteiger partial charge >= 0.3 is 0 Å². The molecule has 7 heteroatoms.